The molecular weight excluding hydrogens is 340 g/mol. The Balaban J connectivity index is 2.64. The minimum atomic E-state index is -0.476. The molecule has 25 heavy (non-hydrogen) atoms. The van der Waals surface area contributed by atoms with Crippen molar-refractivity contribution in [2.24, 2.45) is 4.99 Å². The SMILES string of the molecule is C\C=N/C(=C\C(Cl)=C(/C)CC)OC1CCN(C(=O)OC(C)(C)C)CC1. The number of carbonyl (C=O) groups is 1. The van der Waals surface area contributed by atoms with Crippen LogP contribution in [0.4, 0.5) is 4.79 Å². The van der Waals surface area contributed by atoms with Crippen molar-refractivity contribution >= 4 is 23.9 Å². The molecule has 0 atom stereocenters. The van der Waals surface area contributed by atoms with Gasteiger partial charge in [0.2, 0.25) is 5.88 Å². The van der Waals surface area contributed by atoms with Crippen molar-refractivity contribution in [2.75, 3.05) is 13.1 Å². The number of amides is 1. The molecule has 1 aliphatic heterocycles. The average Bonchev–Trinajstić information content (AvgIpc) is 2.53. The Labute approximate surface area is 156 Å². The van der Waals surface area contributed by atoms with Gasteiger partial charge in [-0.1, -0.05) is 24.1 Å². The van der Waals surface area contributed by atoms with E-state index in [-0.39, 0.29) is 12.2 Å². The van der Waals surface area contributed by atoms with Crippen molar-refractivity contribution in [3.63, 3.8) is 0 Å². The number of allylic oxidation sites excluding steroid dienone is 3. The standard InChI is InChI=1S/C19H31ClN2O3/c1-7-14(3)16(20)13-17(21-8-2)24-15-9-11-22(12-10-15)18(23)25-19(4,5)6/h8,13,15H,7,9-12H2,1-6H3/b16-14-,17-13+,21-8-. The van der Waals surface area contributed by atoms with Crippen molar-refractivity contribution in [3.05, 3.63) is 22.6 Å². The third-order valence-corrected chi connectivity index (χ3v) is 4.26. The first-order valence-corrected chi connectivity index (χ1v) is 9.24. The smallest absolute Gasteiger partial charge is 0.410 e. The van der Waals surface area contributed by atoms with Crippen molar-refractivity contribution in [1.29, 1.82) is 0 Å². The number of likely N-dealkylation sites (tertiary alicyclic amines) is 1. The summed E-state index contributed by atoms with van der Waals surface area (Å²) in [7, 11) is 0. The summed E-state index contributed by atoms with van der Waals surface area (Å²) in [6, 6.07) is 0. The molecule has 1 fully saturated rings. The van der Waals surface area contributed by atoms with Crippen LogP contribution in [-0.2, 0) is 9.47 Å². The van der Waals surface area contributed by atoms with Crippen molar-refractivity contribution < 1.29 is 14.3 Å². The predicted octanol–water partition coefficient (Wildman–Crippen LogP) is 5.26. The molecule has 5 nitrogen and oxygen atoms in total. The zero-order valence-electron chi connectivity index (χ0n) is 16.3. The van der Waals surface area contributed by atoms with Crippen LogP contribution in [-0.4, -0.2) is 42.0 Å². The first-order valence-electron chi connectivity index (χ1n) is 8.86. The highest BCUT2D eigenvalue weighted by Gasteiger charge is 2.27. The van der Waals surface area contributed by atoms with Crippen LogP contribution in [0.3, 0.4) is 0 Å². The van der Waals surface area contributed by atoms with Gasteiger partial charge in [-0.2, -0.15) is 0 Å². The number of hydrogen-bond donors (Lipinski definition) is 0. The van der Waals surface area contributed by atoms with E-state index in [1.165, 1.54) is 0 Å². The highest BCUT2D eigenvalue weighted by atomic mass is 35.5. The Bertz CT molecular complexity index is 539. The monoisotopic (exact) mass is 370 g/mol. The lowest BCUT2D eigenvalue weighted by atomic mass is 10.1. The number of ether oxygens (including phenoxy) is 2. The van der Waals surface area contributed by atoms with Gasteiger partial charge in [-0.05, 0) is 41.0 Å². The Kier molecular flexibility index (Phi) is 8.50. The third-order valence-electron chi connectivity index (χ3n) is 3.83. The molecule has 0 aliphatic carbocycles. The lowest BCUT2D eigenvalue weighted by molar-refractivity contribution is 0.00422. The highest BCUT2D eigenvalue weighted by Crippen LogP contribution is 2.22. The number of carbonyl (C=O) groups excluding carboxylic acids is 1. The molecule has 1 rings (SSSR count). The maximum Gasteiger partial charge on any atom is 0.410 e. The molecule has 0 radical (unpaired) electrons. The van der Waals surface area contributed by atoms with Gasteiger partial charge in [0.05, 0.1) is 0 Å². The Morgan fingerprint density at radius 1 is 1.32 bits per heavy atom. The molecule has 0 unspecified atom stereocenters. The van der Waals surface area contributed by atoms with E-state index in [9.17, 15) is 4.79 Å². The molecule has 1 saturated heterocycles. The first kappa shape index (κ1) is 21.6. The summed E-state index contributed by atoms with van der Waals surface area (Å²) in [6.45, 7) is 12.7. The third kappa shape index (κ3) is 7.95. The molecule has 0 aromatic heterocycles. The Hall–Kier alpha value is -1.49. The number of hydrogen-bond acceptors (Lipinski definition) is 4. The fourth-order valence-electron chi connectivity index (χ4n) is 2.28. The summed E-state index contributed by atoms with van der Waals surface area (Å²) in [5, 5.41) is 0.661. The minimum Gasteiger partial charge on any atom is -0.474 e. The molecule has 1 aliphatic rings. The van der Waals surface area contributed by atoms with Crippen LogP contribution in [0.2, 0.25) is 0 Å². The predicted molar refractivity (Wildman–Crippen MR) is 103 cm³/mol. The number of nitrogens with zero attached hydrogens (tertiary/aromatic N) is 2. The summed E-state index contributed by atoms with van der Waals surface area (Å²) >= 11 is 6.29. The Morgan fingerprint density at radius 3 is 2.40 bits per heavy atom. The molecule has 1 heterocycles. The lowest BCUT2D eigenvalue weighted by Gasteiger charge is -2.33. The van der Waals surface area contributed by atoms with Crippen molar-refractivity contribution in [1.82, 2.24) is 4.90 Å². The van der Waals surface area contributed by atoms with Gasteiger partial charge in [-0.3, -0.25) is 0 Å². The fourth-order valence-corrected chi connectivity index (χ4v) is 2.51. The summed E-state index contributed by atoms with van der Waals surface area (Å²) in [4.78, 5) is 18.1. The van der Waals surface area contributed by atoms with Crippen LogP contribution >= 0.6 is 11.6 Å². The summed E-state index contributed by atoms with van der Waals surface area (Å²) in [5.41, 5.74) is 0.616. The van der Waals surface area contributed by atoms with Crippen LogP contribution in [0.15, 0.2) is 27.6 Å². The van der Waals surface area contributed by atoms with Gasteiger partial charge in [-0.25, -0.2) is 9.79 Å². The van der Waals surface area contributed by atoms with E-state index in [1.54, 1.807) is 17.2 Å². The van der Waals surface area contributed by atoms with Crippen molar-refractivity contribution in [3.8, 4) is 0 Å². The maximum absolute atomic E-state index is 12.1. The van der Waals surface area contributed by atoms with E-state index >= 15 is 0 Å². The van der Waals surface area contributed by atoms with Crippen LogP contribution < -0.4 is 0 Å². The first-order chi connectivity index (χ1) is 11.7. The molecule has 0 aromatic rings. The van der Waals surface area contributed by atoms with Gasteiger partial charge in [0.15, 0.2) is 0 Å². The molecular formula is C19H31ClN2O3. The van der Waals surface area contributed by atoms with Gasteiger partial charge in [0.25, 0.3) is 0 Å². The van der Waals surface area contributed by atoms with Gasteiger partial charge < -0.3 is 14.4 Å². The van der Waals surface area contributed by atoms with E-state index in [4.69, 9.17) is 21.1 Å². The molecule has 142 valence electrons. The second kappa shape index (κ2) is 9.85. The second-order valence-electron chi connectivity index (χ2n) is 7.14. The van der Waals surface area contributed by atoms with E-state index in [0.29, 0.717) is 24.0 Å². The summed E-state index contributed by atoms with van der Waals surface area (Å²) < 4.78 is 11.4. The van der Waals surface area contributed by atoms with Crippen LogP contribution in [0.1, 0.15) is 60.8 Å². The van der Waals surface area contributed by atoms with Gasteiger partial charge in [0, 0.05) is 43.3 Å². The molecule has 6 heteroatoms. The van der Waals surface area contributed by atoms with Crippen molar-refractivity contribution in [2.45, 2.75) is 72.5 Å². The van der Waals surface area contributed by atoms with E-state index in [2.05, 4.69) is 11.9 Å². The van der Waals surface area contributed by atoms with Crippen LogP contribution in [0, 0.1) is 0 Å². The number of piperidine rings is 1. The number of halogens is 1. The average molecular weight is 371 g/mol. The summed E-state index contributed by atoms with van der Waals surface area (Å²) in [6.07, 6.45) is 5.56. The number of rotatable bonds is 5. The lowest BCUT2D eigenvalue weighted by Crippen LogP contribution is -2.43. The largest absolute Gasteiger partial charge is 0.474 e. The quantitative estimate of drug-likeness (QED) is 0.377. The molecule has 0 saturated carbocycles. The molecule has 0 aromatic carbocycles. The Morgan fingerprint density at radius 2 is 1.92 bits per heavy atom. The molecule has 1 amide bonds. The van der Waals surface area contributed by atoms with Gasteiger partial charge in [0.1, 0.15) is 11.7 Å². The molecule has 0 spiro atoms. The summed E-state index contributed by atoms with van der Waals surface area (Å²) in [5.74, 6) is 0.510. The molecule has 0 N–H and O–H groups in total. The highest BCUT2D eigenvalue weighted by molar-refractivity contribution is 6.31. The van der Waals surface area contributed by atoms with Crippen LogP contribution in [0.25, 0.3) is 0 Å². The normalized spacial score (nSPS) is 18.4. The molecule has 0 bridgehead atoms. The van der Waals surface area contributed by atoms with Crippen LogP contribution in [0.5, 0.6) is 0 Å². The number of aliphatic imine (C=N–C) groups is 1. The van der Waals surface area contributed by atoms with Gasteiger partial charge in [-0.15, -0.1) is 0 Å². The minimum absolute atomic E-state index is 0.0139. The maximum atomic E-state index is 12.1. The topological polar surface area (TPSA) is 51.1 Å². The van der Waals surface area contributed by atoms with E-state index < -0.39 is 5.60 Å². The van der Waals surface area contributed by atoms with E-state index in [1.807, 2.05) is 34.6 Å². The van der Waals surface area contributed by atoms with E-state index in [0.717, 1.165) is 24.8 Å². The van der Waals surface area contributed by atoms with Gasteiger partial charge >= 0.3 is 6.09 Å². The zero-order valence-corrected chi connectivity index (χ0v) is 17.0. The second-order valence-corrected chi connectivity index (χ2v) is 7.54. The zero-order chi connectivity index (χ0) is 19.0. The fraction of sp³-hybridized carbons (Fsp3) is 0.684.